The van der Waals surface area contributed by atoms with Crippen LogP contribution in [0.25, 0.3) is 0 Å². The number of carbonyl (C=O) groups excluding carboxylic acids is 3. The van der Waals surface area contributed by atoms with Gasteiger partial charge in [0, 0.05) is 41.9 Å². The van der Waals surface area contributed by atoms with Gasteiger partial charge in [0.15, 0.2) is 5.60 Å². The van der Waals surface area contributed by atoms with Crippen LogP contribution in [0.4, 0.5) is 15.5 Å². The van der Waals surface area contributed by atoms with Gasteiger partial charge in [-0.2, -0.15) is 0 Å². The second kappa shape index (κ2) is 11.2. The lowest BCUT2D eigenvalue weighted by Crippen LogP contribution is -2.48. The van der Waals surface area contributed by atoms with E-state index in [-0.39, 0.29) is 30.7 Å². The molecule has 0 saturated carbocycles. The van der Waals surface area contributed by atoms with Crippen LogP contribution in [0, 0.1) is 5.92 Å². The summed E-state index contributed by atoms with van der Waals surface area (Å²) in [6.07, 6.45) is -0.413. The van der Waals surface area contributed by atoms with E-state index in [9.17, 15) is 19.5 Å². The second-order valence-electron chi connectivity index (χ2n) is 12.7. The highest BCUT2D eigenvalue weighted by Gasteiger charge is 2.66. The number of nitrogens with zero attached hydrogens (tertiary/aromatic N) is 2. The lowest BCUT2D eigenvalue weighted by atomic mass is 9.82. The molecule has 2 N–H and O–H groups in total. The van der Waals surface area contributed by atoms with E-state index < -0.39 is 37.6 Å². The smallest absolute Gasteiger partial charge is 0.264 e. The van der Waals surface area contributed by atoms with E-state index >= 15 is 4.11 Å². The molecule has 0 unspecified atom stereocenters. The highest BCUT2D eigenvalue weighted by molar-refractivity contribution is 6.72. The molecular weight excluding hydrogens is 577 g/mol. The van der Waals surface area contributed by atoms with Crippen molar-refractivity contribution in [1.82, 2.24) is 4.90 Å². The van der Waals surface area contributed by atoms with Crippen LogP contribution in [0.2, 0.25) is 18.6 Å². The molecule has 8 nitrogen and oxygen atoms in total. The molecule has 3 aromatic carbocycles. The second-order valence-corrected chi connectivity index (χ2v) is 16.5. The van der Waals surface area contributed by atoms with Gasteiger partial charge >= 0.3 is 0 Å². The fourth-order valence-corrected chi connectivity index (χ4v) is 10.0. The molecule has 3 amide bonds. The van der Waals surface area contributed by atoms with Gasteiger partial charge < -0.3 is 29.1 Å². The van der Waals surface area contributed by atoms with Crippen LogP contribution in [0.5, 0.6) is 0 Å². The van der Waals surface area contributed by atoms with Gasteiger partial charge in [-0.1, -0.05) is 49.4 Å². The standard InChI is InChI=1S/C34H38FN3O5Si/c1-21-31(44(3,4)35)29(18-30(40)38-19-24-13-9-8-12-23(24)16-26(38)20-39)43-34(21)27-17-25(14-15-28(27)37(2)33(34)42)36-32(41)22-10-6-5-7-11-22/h5-15,17,21,26,29,31,39H,16,18-20H2,1-4H3,(H,36,41)/t21-,26+,29+,31-,34+/m1/s1. The molecule has 1 fully saturated rings. The minimum atomic E-state index is -3.49. The quantitative estimate of drug-likeness (QED) is 0.300. The van der Waals surface area contributed by atoms with Crippen molar-refractivity contribution in [3.63, 3.8) is 0 Å². The summed E-state index contributed by atoms with van der Waals surface area (Å²) in [7, 11) is -1.82. The molecule has 0 aromatic heterocycles. The Morgan fingerprint density at radius 1 is 1.07 bits per heavy atom. The highest BCUT2D eigenvalue weighted by Crippen LogP contribution is 2.60. The van der Waals surface area contributed by atoms with Gasteiger partial charge in [0.2, 0.25) is 14.3 Å². The fourth-order valence-electron chi connectivity index (χ4n) is 7.56. The van der Waals surface area contributed by atoms with Gasteiger partial charge in [0.25, 0.3) is 11.8 Å². The molecule has 3 heterocycles. The number of ether oxygens (including phenoxy) is 1. The van der Waals surface area contributed by atoms with Crippen LogP contribution in [0.1, 0.15) is 40.4 Å². The van der Waals surface area contributed by atoms with Crippen molar-refractivity contribution in [3.8, 4) is 0 Å². The number of amides is 3. The van der Waals surface area contributed by atoms with Gasteiger partial charge in [-0.05, 0) is 61.0 Å². The maximum Gasteiger partial charge on any atom is 0.264 e. The number of fused-ring (bicyclic) bond motifs is 3. The molecule has 1 saturated heterocycles. The molecule has 3 aromatic rings. The molecule has 10 heteroatoms. The Morgan fingerprint density at radius 2 is 1.75 bits per heavy atom. The summed E-state index contributed by atoms with van der Waals surface area (Å²) in [6, 6.07) is 21.5. The van der Waals surface area contributed by atoms with Crippen LogP contribution in [0.3, 0.4) is 0 Å². The molecule has 0 aliphatic carbocycles. The zero-order valence-electron chi connectivity index (χ0n) is 25.4. The summed E-state index contributed by atoms with van der Waals surface area (Å²) in [6.45, 7) is 5.20. The number of aliphatic hydroxyl groups excluding tert-OH is 1. The van der Waals surface area contributed by atoms with Crippen molar-refractivity contribution < 1.29 is 28.3 Å². The van der Waals surface area contributed by atoms with E-state index in [0.29, 0.717) is 35.5 Å². The van der Waals surface area contributed by atoms with Gasteiger partial charge in [-0.3, -0.25) is 14.4 Å². The van der Waals surface area contributed by atoms with E-state index in [1.165, 1.54) is 4.90 Å². The molecule has 44 heavy (non-hydrogen) atoms. The largest absolute Gasteiger partial charge is 0.394 e. The minimum absolute atomic E-state index is 0.105. The SMILES string of the molecule is C[C@@H]1[C@@H]([Si](C)(C)F)[C@H](CC(=O)N2Cc3ccccc3C[C@H]2CO)O[C@@]12C(=O)N(C)c1ccc(NC(=O)c3ccccc3)cc12. The fraction of sp³-hybridized carbons (Fsp3) is 0.382. The lowest BCUT2D eigenvalue weighted by molar-refractivity contribution is -0.150. The van der Waals surface area contributed by atoms with Gasteiger partial charge in [-0.25, -0.2) is 0 Å². The number of likely N-dealkylation sites (N-methyl/N-ethyl adjacent to an activating group) is 1. The Hall–Kier alpha value is -3.86. The third-order valence-electron chi connectivity index (χ3n) is 9.65. The first-order valence-electron chi connectivity index (χ1n) is 15.1. The number of hydrogen-bond donors (Lipinski definition) is 2. The van der Waals surface area contributed by atoms with E-state index in [1.54, 1.807) is 67.5 Å². The van der Waals surface area contributed by atoms with Crippen molar-refractivity contribution in [2.24, 2.45) is 5.92 Å². The Labute approximate surface area is 258 Å². The maximum atomic E-state index is 16.2. The Bertz CT molecular complexity index is 1610. The normalized spacial score (nSPS) is 26.1. The summed E-state index contributed by atoms with van der Waals surface area (Å²) in [5.74, 6) is -1.42. The number of hydrogen-bond acceptors (Lipinski definition) is 5. The minimum Gasteiger partial charge on any atom is -0.394 e. The summed E-state index contributed by atoms with van der Waals surface area (Å²) >= 11 is 0. The highest BCUT2D eigenvalue weighted by atomic mass is 28.4. The molecule has 3 aliphatic rings. The Morgan fingerprint density at radius 3 is 2.43 bits per heavy atom. The van der Waals surface area contributed by atoms with Gasteiger partial charge in [0.1, 0.15) is 0 Å². The molecule has 5 atom stereocenters. The predicted octanol–water partition coefficient (Wildman–Crippen LogP) is 5.03. The van der Waals surface area contributed by atoms with Crippen LogP contribution in [-0.4, -0.2) is 61.9 Å². The number of carbonyl (C=O) groups is 3. The number of benzene rings is 3. The van der Waals surface area contributed by atoms with Gasteiger partial charge in [0.05, 0.1) is 30.9 Å². The third kappa shape index (κ3) is 4.94. The first-order valence-corrected chi connectivity index (χ1v) is 18.0. The number of rotatable bonds is 6. The van der Waals surface area contributed by atoms with Crippen molar-refractivity contribution in [2.75, 3.05) is 23.9 Å². The van der Waals surface area contributed by atoms with Crippen molar-refractivity contribution in [3.05, 3.63) is 95.1 Å². The number of nitrogens with one attached hydrogen (secondary N) is 1. The number of aliphatic hydroxyl groups is 1. The van der Waals surface area contributed by atoms with Crippen molar-refractivity contribution >= 4 is 37.5 Å². The summed E-state index contributed by atoms with van der Waals surface area (Å²) in [5.41, 5.74) is 2.12. The lowest BCUT2D eigenvalue weighted by Gasteiger charge is -2.37. The van der Waals surface area contributed by atoms with Crippen molar-refractivity contribution in [1.29, 1.82) is 0 Å². The van der Waals surface area contributed by atoms with Crippen LogP contribution >= 0.6 is 0 Å². The molecule has 3 aliphatic heterocycles. The van der Waals surface area contributed by atoms with E-state index in [1.807, 2.05) is 37.3 Å². The summed E-state index contributed by atoms with van der Waals surface area (Å²) in [5, 5.41) is 13.1. The monoisotopic (exact) mass is 615 g/mol. The molecular formula is C34H38FN3O5Si. The van der Waals surface area contributed by atoms with E-state index in [4.69, 9.17) is 4.74 Å². The van der Waals surface area contributed by atoms with E-state index in [2.05, 4.69) is 5.32 Å². The first-order chi connectivity index (χ1) is 21.0. The molecule has 1 spiro atoms. The molecule has 230 valence electrons. The topological polar surface area (TPSA) is 99.2 Å². The van der Waals surface area contributed by atoms with Crippen molar-refractivity contribution in [2.45, 2.75) is 62.7 Å². The third-order valence-corrected chi connectivity index (χ3v) is 12.1. The average molecular weight is 616 g/mol. The predicted molar refractivity (Wildman–Crippen MR) is 168 cm³/mol. The Kier molecular flexibility index (Phi) is 7.71. The first kappa shape index (κ1) is 30.2. The maximum absolute atomic E-state index is 16.2. The molecule has 0 radical (unpaired) electrons. The average Bonchev–Trinajstić information content (AvgIpc) is 3.42. The summed E-state index contributed by atoms with van der Waals surface area (Å²) < 4.78 is 22.9. The number of halogens is 1. The summed E-state index contributed by atoms with van der Waals surface area (Å²) in [4.78, 5) is 44.1. The zero-order chi connectivity index (χ0) is 31.4. The molecule has 0 bridgehead atoms. The van der Waals surface area contributed by atoms with Crippen LogP contribution < -0.4 is 10.2 Å². The molecule has 6 rings (SSSR count). The zero-order valence-corrected chi connectivity index (χ0v) is 26.4. The van der Waals surface area contributed by atoms with Gasteiger partial charge in [-0.15, -0.1) is 0 Å². The van der Waals surface area contributed by atoms with Crippen LogP contribution in [0.15, 0.2) is 72.8 Å². The Balaban J connectivity index is 1.33. The number of anilines is 2. The van der Waals surface area contributed by atoms with E-state index in [0.717, 1.165) is 11.1 Å². The van der Waals surface area contributed by atoms with Crippen LogP contribution in [-0.2, 0) is 32.9 Å².